The molecule has 0 saturated carbocycles. The van der Waals surface area contributed by atoms with Crippen LogP contribution in [0, 0.1) is 6.92 Å². The second kappa shape index (κ2) is 8.72. The molecule has 0 aromatic heterocycles. The van der Waals surface area contributed by atoms with Crippen LogP contribution in [0.4, 0.5) is 5.69 Å². The molecule has 0 aliphatic heterocycles. The molecule has 25 heavy (non-hydrogen) atoms. The molecule has 2 N–H and O–H groups in total. The highest BCUT2D eigenvalue weighted by Crippen LogP contribution is 2.28. The SMILES string of the molecule is Cc1ccc(NC(=S)NC(=O)C(C)Oc2ccc(Cl)cc2Cl)cc1Cl. The number of carbonyl (C=O) groups excluding carboxylic acids is 1. The number of carbonyl (C=O) groups is 1. The van der Waals surface area contributed by atoms with E-state index in [2.05, 4.69) is 10.6 Å². The third kappa shape index (κ3) is 5.75. The van der Waals surface area contributed by atoms with Crippen LogP contribution in [0.15, 0.2) is 36.4 Å². The number of amides is 1. The molecule has 0 saturated heterocycles. The Bertz CT molecular complexity index is 814. The second-order valence-corrected chi connectivity index (χ2v) is 6.90. The highest BCUT2D eigenvalue weighted by molar-refractivity contribution is 7.80. The van der Waals surface area contributed by atoms with Crippen molar-refractivity contribution in [1.29, 1.82) is 0 Å². The number of benzene rings is 2. The Kier molecular flexibility index (Phi) is 6.90. The molecule has 2 aromatic carbocycles. The van der Waals surface area contributed by atoms with Gasteiger partial charge in [-0.3, -0.25) is 10.1 Å². The van der Waals surface area contributed by atoms with Crippen LogP contribution >= 0.6 is 47.0 Å². The first-order valence-corrected chi connectivity index (χ1v) is 8.80. The Morgan fingerprint density at radius 1 is 1.12 bits per heavy atom. The van der Waals surface area contributed by atoms with Gasteiger partial charge in [-0.05, 0) is 62.0 Å². The number of anilines is 1. The zero-order chi connectivity index (χ0) is 18.6. The summed E-state index contributed by atoms with van der Waals surface area (Å²) in [5.41, 5.74) is 1.62. The molecule has 0 radical (unpaired) electrons. The average Bonchev–Trinajstić information content (AvgIpc) is 2.53. The van der Waals surface area contributed by atoms with E-state index in [1.54, 1.807) is 25.1 Å². The van der Waals surface area contributed by atoms with E-state index >= 15 is 0 Å². The second-order valence-electron chi connectivity index (χ2n) is 5.24. The fourth-order valence-electron chi connectivity index (χ4n) is 1.86. The first kappa shape index (κ1) is 19.8. The van der Waals surface area contributed by atoms with Gasteiger partial charge in [-0.15, -0.1) is 0 Å². The maximum atomic E-state index is 12.2. The van der Waals surface area contributed by atoms with Gasteiger partial charge in [-0.25, -0.2) is 0 Å². The van der Waals surface area contributed by atoms with Crippen molar-refractivity contribution in [2.45, 2.75) is 20.0 Å². The summed E-state index contributed by atoms with van der Waals surface area (Å²) in [4.78, 5) is 12.2. The Morgan fingerprint density at radius 3 is 2.48 bits per heavy atom. The lowest BCUT2D eigenvalue weighted by Gasteiger charge is -2.16. The minimum absolute atomic E-state index is 0.141. The number of ether oxygens (including phenoxy) is 1. The van der Waals surface area contributed by atoms with Crippen LogP contribution in [-0.2, 0) is 4.79 Å². The van der Waals surface area contributed by atoms with Gasteiger partial charge >= 0.3 is 0 Å². The third-order valence-electron chi connectivity index (χ3n) is 3.23. The van der Waals surface area contributed by atoms with Crippen molar-refractivity contribution in [1.82, 2.24) is 5.32 Å². The molecule has 2 rings (SSSR count). The zero-order valence-electron chi connectivity index (χ0n) is 13.4. The van der Waals surface area contributed by atoms with Crippen LogP contribution in [0.3, 0.4) is 0 Å². The van der Waals surface area contributed by atoms with Gasteiger partial charge in [-0.1, -0.05) is 40.9 Å². The summed E-state index contributed by atoms with van der Waals surface area (Å²) in [6.45, 7) is 3.48. The summed E-state index contributed by atoms with van der Waals surface area (Å²) in [6.07, 6.45) is -0.806. The molecule has 8 heteroatoms. The lowest BCUT2D eigenvalue weighted by Crippen LogP contribution is -2.42. The number of rotatable bonds is 4. The van der Waals surface area contributed by atoms with Crippen LogP contribution < -0.4 is 15.4 Å². The maximum absolute atomic E-state index is 12.2. The van der Waals surface area contributed by atoms with Gasteiger partial charge in [-0.2, -0.15) is 0 Å². The van der Waals surface area contributed by atoms with E-state index in [0.717, 1.165) is 5.56 Å². The molecule has 132 valence electrons. The first-order valence-electron chi connectivity index (χ1n) is 7.26. The van der Waals surface area contributed by atoms with Crippen molar-refractivity contribution in [2.24, 2.45) is 0 Å². The number of hydrogen-bond acceptors (Lipinski definition) is 3. The molecule has 0 heterocycles. The molecule has 0 fully saturated rings. The molecule has 2 aromatic rings. The van der Waals surface area contributed by atoms with Crippen LogP contribution in [-0.4, -0.2) is 17.1 Å². The average molecular weight is 418 g/mol. The molecule has 1 unspecified atom stereocenters. The normalized spacial score (nSPS) is 11.6. The van der Waals surface area contributed by atoms with E-state index in [-0.39, 0.29) is 5.11 Å². The van der Waals surface area contributed by atoms with Crippen molar-refractivity contribution < 1.29 is 9.53 Å². The van der Waals surface area contributed by atoms with E-state index in [1.807, 2.05) is 19.1 Å². The zero-order valence-corrected chi connectivity index (χ0v) is 16.5. The van der Waals surface area contributed by atoms with Crippen molar-refractivity contribution in [3.63, 3.8) is 0 Å². The third-order valence-corrected chi connectivity index (χ3v) is 4.38. The molecular formula is C17H15Cl3N2O2S. The van der Waals surface area contributed by atoms with Gasteiger partial charge in [0.1, 0.15) is 5.75 Å². The molecular weight excluding hydrogens is 403 g/mol. The summed E-state index contributed by atoms with van der Waals surface area (Å²) in [7, 11) is 0. The number of aryl methyl sites for hydroxylation is 1. The van der Waals surface area contributed by atoms with E-state index in [4.69, 9.17) is 51.8 Å². The smallest absolute Gasteiger partial charge is 0.266 e. The summed E-state index contributed by atoms with van der Waals surface area (Å²) in [5.74, 6) is -0.0559. The van der Waals surface area contributed by atoms with Crippen molar-refractivity contribution in [2.75, 3.05) is 5.32 Å². The van der Waals surface area contributed by atoms with Crippen LogP contribution in [0.25, 0.3) is 0 Å². The van der Waals surface area contributed by atoms with Gasteiger partial charge < -0.3 is 10.1 Å². The highest BCUT2D eigenvalue weighted by atomic mass is 35.5. The van der Waals surface area contributed by atoms with Gasteiger partial charge in [0.05, 0.1) is 5.02 Å². The molecule has 1 amide bonds. The fraction of sp³-hybridized carbons (Fsp3) is 0.176. The standard InChI is InChI=1S/C17H15Cl3N2O2S/c1-9-3-5-12(8-13(9)19)21-17(25)22-16(23)10(2)24-15-6-4-11(18)7-14(15)20/h3-8,10H,1-2H3,(H2,21,22,23,25). The van der Waals surface area contributed by atoms with Crippen LogP contribution in [0.2, 0.25) is 15.1 Å². The quantitative estimate of drug-likeness (QED) is 0.668. The van der Waals surface area contributed by atoms with Crippen molar-refractivity contribution >= 4 is 63.7 Å². The van der Waals surface area contributed by atoms with Gasteiger partial charge in [0.25, 0.3) is 5.91 Å². The van der Waals surface area contributed by atoms with Crippen molar-refractivity contribution in [3.8, 4) is 5.75 Å². The number of hydrogen-bond donors (Lipinski definition) is 2. The lowest BCUT2D eigenvalue weighted by molar-refractivity contribution is -0.125. The Balaban J connectivity index is 1.93. The Morgan fingerprint density at radius 2 is 1.84 bits per heavy atom. The van der Waals surface area contributed by atoms with E-state index in [9.17, 15) is 4.79 Å². The van der Waals surface area contributed by atoms with Gasteiger partial charge in [0.15, 0.2) is 11.2 Å². The Hall–Kier alpha value is -1.53. The minimum Gasteiger partial charge on any atom is -0.479 e. The summed E-state index contributed by atoms with van der Waals surface area (Å²) in [5, 5.41) is 7.00. The predicted molar refractivity (Wildman–Crippen MR) is 107 cm³/mol. The van der Waals surface area contributed by atoms with Crippen molar-refractivity contribution in [3.05, 3.63) is 57.0 Å². The molecule has 0 bridgehead atoms. The highest BCUT2D eigenvalue weighted by Gasteiger charge is 2.17. The molecule has 0 aliphatic rings. The summed E-state index contributed by atoms with van der Waals surface area (Å²) < 4.78 is 5.54. The summed E-state index contributed by atoms with van der Waals surface area (Å²) in [6, 6.07) is 10.1. The lowest BCUT2D eigenvalue weighted by atomic mass is 10.2. The molecule has 1 atom stereocenters. The predicted octanol–water partition coefficient (Wildman–Crippen LogP) is 5.24. The van der Waals surface area contributed by atoms with E-state index < -0.39 is 12.0 Å². The molecule has 4 nitrogen and oxygen atoms in total. The topological polar surface area (TPSA) is 50.4 Å². The van der Waals surface area contributed by atoms with Gasteiger partial charge in [0.2, 0.25) is 0 Å². The first-order chi connectivity index (χ1) is 11.8. The largest absolute Gasteiger partial charge is 0.479 e. The number of halogens is 3. The van der Waals surface area contributed by atoms with E-state index in [1.165, 1.54) is 6.07 Å². The monoisotopic (exact) mass is 416 g/mol. The summed E-state index contributed by atoms with van der Waals surface area (Å²) >= 11 is 23.0. The molecule has 0 aliphatic carbocycles. The minimum atomic E-state index is -0.806. The molecule has 0 spiro atoms. The fourth-order valence-corrected chi connectivity index (χ4v) is 2.71. The number of thiocarbonyl (C=S) groups is 1. The van der Waals surface area contributed by atoms with Crippen LogP contribution in [0.1, 0.15) is 12.5 Å². The van der Waals surface area contributed by atoms with Gasteiger partial charge in [0, 0.05) is 15.7 Å². The number of nitrogens with one attached hydrogen (secondary N) is 2. The maximum Gasteiger partial charge on any atom is 0.266 e. The van der Waals surface area contributed by atoms with Crippen LogP contribution in [0.5, 0.6) is 5.75 Å². The van der Waals surface area contributed by atoms with E-state index in [0.29, 0.717) is 26.5 Å². The Labute approximate surface area is 166 Å².